The number of rotatable bonds is 3. The zero-order valence-corrected chi connectivity index (χ0v) is 12.7. The van der Waals surface area contributed by atoms with Crippen LogP contribution in [0.2, 0.25) is 0 Å². The zero-order chi connectivity index (χ0) is 16.5. The molecule has 3 aromatic carbocycles. The summed E-state index contributed by atoms with van der Waals surface area (Å²) in [4.78, 5) is 11.8. The highest BCUT2D eigenvalue weighted by molar-refractivity contribution is 6.06. The van der Waals surface area contributed by atoms with Gasteiger partial charge < -0.3 is 9.15 Å². The molecule has 0 saturated carbocycles. The Bertz CT molecular complexity index is 1080. The van der Waals surface area contributed by atoms with Gasteiger partial charge in [-0.3, -0.25) is 0 Å². The average Bonchev–Trinajstić information content (AvgIpc) is 2.60. The average molecular weight is 320 g/mol. The molecule has 24 heavy (non-hydrogen) atoms. The lowest BCUT2D eigenvalue weighted by Gasteiger charge is -2.10. The highest BCUT2D eigenvalue weighted by Crippen LogP contribution is 2.28. The van der Waals surface area contributed by atoms with E-state index < -0.39 is 5.63 Å². The molecule has 0 amide bonds. The highest BCUT2D eigenvalue weighted by Gasteiger charge is 2.10. The molecule has 4 rings (SSSR count). The van der Waals surface area contributed by atoms with Crippen molar-refractivity contribution in [3.8, 4) is 5.75 Å². The van der Waals surface area contributed by atoms with E-state index >= 15 is 0 Å². The Hall–Kier alpha value is -3.14. The van der Waals surface area contributed by atoms with Crippen LogP contribution in [0.1, 0.15) is 5.56 Å². The summed E-state index contributed by atoms with van der Waals surface area (Å²) in [6.45, 7) is 0.196. The molecule has 0 N–H and O–H groups in total. The van der Waals surface area contributed by atoms with Crippen LogP contribution in [0.4, 0.5) is 4.39 Å². The van der Waals surface area contributed by atoms with Gasteiger partial charge in [-0.15, -0.1) is 0 Å². The lowest BCUT2D eigenvalue weighted by atomic mass is 10.0. The Balaban J connectivity index is 1.82. The fraction of sp³-hybridized carbons (Fsp3) is 0.0500. The second-order valence-electron chi connectivity index (χ2n) is 5.49. The summed E-state index contributed by atoms with van der Waals surface area (Å²) in [5.74, 6) is 0.220. The van der Waals surface area contributed by atoms with Gasteiger partial charge in [-0.2, -0.15) is 0 Å². The maximum atomic E-state index is 13.0. The topological polar surface area (TPSA) is 39.4 Å². The van der Waals surface area contributed by atoms with Gasteiger partial charge in [-0.1, -0.05) is 30.3 Å². The van der Waals surface area contributed by atoms with E-state index in [2.05, 4.69) is 0 Å². The van der Waals surface area contributed by atoms with Crippen LogP contribution < -0.4 is 10.4 Å². The number of hydrogen-bond acceptors (Lipinski definition) is 3. The van der Waals surface area contributed by atoms with Gasteiger partial charge in [0.05, 0.1) is 0 Å². The van der Waals surface area contributed by atoms with Gasteiger partial charge in [-0.05, 0) is 41.1 Å². The summed E-state index contributed by atoms with van der Waals surface area (Å²) >= 11 is 0. The minimum Gasteiger partial charge on any atom is -0.489 e. The SMILES string of the molecule is O=c1cc(COc2ccc(F)cc2)c2c(ccc3ccccc32)o1. The van der Waals surface area contributed by atoms with Gasteiger partial charge in [0.2, 0.25) is 0 Å². The summed E-state index contributed by atoms with van der Waals surface area (Å²) in [7, 11) is 0. The van der Waals surface area contributed by atoms with Crippen molar-refractivity contribution >= 4 is 21.7 Å². The molecule has 0 aliphatic heterocycles. The minimum absolute atomic E-state index is 0.196. The first-order valence-electron chi connectivity index (χ1n) is 7.53. The van der Waals surface area contributed by atoms with Gasteiger partial charge in [0.1, 0.15) is 23.8 Å². The van der Waals surface area contributed by atoms with Crippen molar-refractivity contribution in [3.05, 3.63) is 88.5 Å². The van der Waals surface area contributed by atoms with Crippen LogP contribution in [0, 0.1) is 5.82 Å². The molecule has 0 aliphatic rings. The fourth-order valence-corrected chi connectivity index (χ4v) is 2.83. The van der Waals surface area contributed by atoms with Crippen LogP contribution >= 0.6 is 0 Å². The van der Waals surface area contributed by atoms with Crippen molar-refractivity contribution in [3.63, 3.8) is 0 Å². The molecule has 0 spiro atoms. The molecule has 0 bridgehead atoms. The maximum Gasteiger partial charge on any atom is 0.336 e. The maximum absolute atomic E-state index is 13.0. The largest absolute Gasteiger partial charge is 0.489 e. The van der Waals surface area contributed by atoms with E-state index in [0.29, 0.717) is 11.3 Å². The molecule has 0 atom stereocenters. The summed E-state index contributed by atoms with van der Waals surface area (Å²) in [5, 5.41) is 2.91. The lowest BCUT2D eigenvalue weighted by molar-refractivity contribution is 0.306. The molecule has 4 heteroatoms. The second kappa shape index (κ2) is 5.81. The normalized spacial score (nSPS) is 11.0. The van der Waals surface area contributed by atoms with Crippen molar-refractivity contribution < 1.29 is 13.5 Å². The fourth-order valence-electron chi connectivity index (χ4n) is 2.83. The summed E-state index contributed by atoms with van der Waals surface area (Å²) in [6.07, 6.45) is 0. The third-order valence-electron chi connectivity index (χ3n) is 3.92. The van der Waals surface area contributed by atoms with Gasteiger partial charge >= 0.3 is 5.63 Å². The van der Waals surface area contributed by atoms with Gasteiger partial charge in [-0.25, -0.2) is 9.18 Å². The molecular weight excluding hydrogens is 307 g/mol. The third kappa shape index (κ3) is 2.63. The Kier molecular flexibility index (Phi) is 3.50. The molecule has 1 aromatic heterocycles. The molecule has 0 saturated heterocycles. The van der Waals surface area contributed by atoms with Crippen molar-refractivity contribution in [1.82, 2.24) is 0 Å². The lowest BCUT2D eigenvalue weighted by Crippen LogP contribution is -2.04. The smallest absolute Gasteiger partial charge is 0.336 e. The second-order valence-corrected chi connectivity index (χ2v) is 5.49. The Morgan fingerprint density at radius 2 is 1.75 bits per heavy atom. The first-order chi connectivity index (χ1) is 11.7. The van der Waals surface area contributed by atoms with Crippen LogP contribution in [0.5, 0.6) is 5.75 Å². The molecule has 0 radical (unpaired) electrons. The van der Waals surface area contributed by atoms with Gasteiger partial charge in [0, 0.05) is 17.0 Å². The number of halogens is 1. The predicted octanol–water partition coefficient (Wildman–Crippen LogP) is 4.66. The van der Waals surface area contributed by atoms with Crippen LogP contribution in [-0.2, 0) is 6.61 Å². The molecular formula is C20H13FO3. The van der Waals surface area contributed by atoms with Crippen molar-refractivity contribution in [2.75, 3.05) is 0 Å². The summed E-state index contributed by atoms with van der Waals surface area (Å²) < 4.78 is 24.0. The van der Waals surface area contributed by atoms with E-state index in [-0.39, 0.29) is 12.4 Å². The van der Waals surface area contributed by atoms with Crippen LogP contribution in [0.3, 0.4) is 0 Å². The van der Waals surface area contributed by atoms with E-state index in [1.807, 2.05) is 30.3 Å². The zero-order valence-electron chi connectivity index (χ0n) is 12.7. The number of benzene rings is 3. The Morgan fingerprint density at radius 1 is 0.958 bits per heavy atom. The molecule has 4 aromatic rings. The van der Waals surface area contributed by atoms with Crippen LogP contribution in [0.25, 0.3) is 21.7 Å². The van der Waals surface area contributed by atoms with E-state index in [1.54, 1.807) is 18.2 Å². The van der Waals surface area contributed by atoms with E-state index in [9.17, 15) is 9.18 Å². The standard InChI is InChI=1S/C20H13FO3/c21-15-6-8-16(9-7-15)23-12-14-11-19(22)24-18-10-5-13-3-1-2-4-17(13)20(14)18/h1-11H,12H2. The number of hydrogen-bond donors (Lipinski definition) is 0. The van der Waals surface area contributed by atoms with Crippen molar-refractivity contribution in [2.24, 2.45) is 0 Å². The first-order valence-corrected chi connectivity index (χ1v) is 7.53. The van der Waals surface area contributed by atoms with Crippen molar-refractivity contribution in [2.45, 2.75) is 6.61 Å². The van der Waals surface area contributed by atoms with Gasteiger partial charge in [0.15, 0.2) is 0 Å². The van der Waals surface area contributed by atoms with E-state index in [4.69, 9.17) is 9.15 Å². The number of ether oxygens (including phenoxy) is 1. The molecule has 0 aliphatic carbocycles. The predicted molar refractivity (Wildman–Crippen MR) is 90.7 cm³/mol. The van der Waals surface area contributed by atoms with Crippen molar-refractivity contribution in [1.29, 1.82) is 0 Å². The van der Waals surface area contributed by atoms with Crippen LogP contribution in [-0.4, -0.2) is 0 Å². The molecule has 0 fully saturated rings. The monoisotopic (exact) mass is 320 g/mol. The van der Waals surface area contributed by atoms with E-state index in [1.165, 1.54) is 18.2 Å². The Labute approximate surface area is 136 Å². The Morgan fingerprint density at radius 3 is 2.58 bits per heavy atom. The molecule has 1 heterocycles. The first kappa shape index (κ1) is 14.5. The molecule has 3 nitrogen and oxygen atoms in total. The number of fused-ring (bicyclic) bond motifs is 3. The minimum atomic E-state index is -0.421. The molecule has 0 unspecified atom stereocenters. The summed E-state index contributed by atoms with van der Waals surface area (Å²) in [5.41, 5.74) is 0.844. The summed E-state index contributed by atoms with van der Waals surface area (Å²) in [6, 6.07) is 18.8. The van der Waals surface area contributed by atoms with Crippen LogP contribution in [0.15, 0.2) is 75.9 Å². The van der Waals surface area contributed by atoms with E-state index in [0.717, 1.165) is 21.7 Å². The molecule has 118 valence electrons. The quantitative estimate of drug-likeness (QED) is 0.407. The highest BCUT2D eigenvalue weighted by atomic mass is 19.1. The third-order valence-corrected chi connectivity index (χ3v) is 3.92. The van der Waals surface area contributed by atoms with Gasteiger partial charge in [0.25, 0.3) is 0 Å².